The minimum atomic E-state index is -1.02. The highest BCUT2D eigenvalue weighted by Crippen LogP contribution is 2.35. The molecule has 9 aromatic heterocycles. The molecule has 3 aromatic carbocycles. The van der Waals surface area contributed by atoms with Crippen molar-refractivity contribution in [2.45, 2.75) is 98.8 Å². The Morgan fingerprint density at radius 3 is 1.19 bits per heavy atom. The average molecular weight is 1320 g/mol. The van der Waals surface area contributed by atoms with E-state index >= 15 is 0 Å². The molecule has 0 radical (unpaired) electrons. The molecule has 0 saturated heterocycles. The first-order valence-corrected chi connectivity index (χ1v) is 31.7. The Bertz CT molecular complexity index is 4630. The number of carbonyl (C=O) groups is 3. The van der Waals surface area contributed by atoms with Gasteiger partial charge in [0.25, 0.3) is 17.7 Å². The molecule has 12 rings (SSSR count). The number of likely N-dealkylation sites (N-methyl/N-ethyl adjacent to an activating group) is 1. The molecular weight excluding hydrogens is 1250 g/mol. The molecule has 0 aliphatic heterocycles. The van der Waals surface area contributed by atoms with E-state index in [4.69, 9.17) is 22.7 Å². The standard InChI is InChI=1S/C24H29N5O4S.C21H22N4O4S.C20H20N4O4S/c1-15-25-13-19(33-15)20-8-9-21(34-20)22(30)27-23-26-17-12-16(32-11-10-28(4)5)6-7-18(17)29(23)14-24(2,3)31;1-12-22-10-16(29-12)17-7-8-18(30-17)19(26)24-20-23-14-9-13(28-4)5-6-15(14)25(20)11-21(2,3)27;1-11-21-9-15(28-11)16-6-7-17(29-16)18(26)23-19-22-13-8-12(25)4-5-14(13)24(19)10-20(2,3)27/h6-9,12-13,31H,10-11,14H2,1-5H3,(H,26,27,30);5-10,27H,11H2,1-4H3,(H,23,24,26);4-9,25,27H,10H2,1-3H3,(H,22,23,26). The third-order valence-electron chi connectivity index (χ3n) is 13.6. The van der Waals surface area contributed by atoms with Gasteiger partial charge in [-0.05, 0) is 128 Å². The zero-order valence-electron chi connectivity index (χ0n) is 53.2. The number of carbonyl (C=O) groups excluding carboxylic acids is 3. The van der Waals surface area contributed by atoms with Crippen LogP contribution in [0.15, 0.2) is 123 Å². The fraction of sp³-hybridized carbons (Fsp3) is 0.308. The number of aromatic nitrogens is 9. The summed E-state index contributed by atoms with van der Waals surface area (Å²) in [5.41, 5.74) is 1.12. The Kier molecular flexibility index (Phi) is 19.5. The molecule has 0 spiro atoms. The minimum Gasteiger partial charge on any atom is -0.508 e. The number of amides is 3. The van der Waals surface area contributed by atoms with Crippen molar-refractivity contribution in [3.05, 3.63) is 142 Å². The molecule has 9 heterocycles. The lowest BCUT2D eigenvalue weighted by atomic mass is 10.1. The van der Waals surface area contributed by atoms with Gasteiger partial charge in [-0.2, -0.15) is 0 Å². The van der Waals surface area contributed by atoms with E-state index in [0.717, 1.165) is 32.2 Å². The summed E-state index contributed by atoms with van der Waals surface area (Å²) < 4.78 is 33.0. The van der Waals surface area contributed by atoms with Crippen LogP contribution in [0.3, 0.4) is 0 Å². The highest BCUT2D eigenvalue weighted by molar-refractivity contribution is 7.18. The normalized spacial score (nSPS) is 11.9. The first-order chi connectivity index (χ1) is 44.0. The lowest BCUT2D eigenvalue weighted by Crippen LogP contribution is -2.27. The molecule has 28 heteroatoms. The lowest BCUT2D eigenvalue weighted by Gasteiger charge is -2.20. The van der Waals surface area contributed by atoms with Crippen LogP contribution in [0.1, 0.15) is 88.2 Å². The largest absolute Gasteiger partial charge is 0.508 e. The van der Waals surface area contributed by atoms with Gasteiger partial charge in [0.1, 0.15) is 23.9 Å². The smallest absolute Gasteiger partial charge is 0.268 e. The van der Waals surface area contributed by atoms with Crippen LogP contribution in [-0.2, 0) is 19.6 Å². The van der Waals surface area contributed by atoms with Gasteiger partial charge in [-0.25, -0.2) is 29.9 Å². The maximum Gasteiger partial charge on any atom is 0.268 e. The quantitative estimate of drug-likeness (QED) is 0.0373. The van der Waals surface area contributed by atoms with Crippen LogP contribution in [0.5, 0.6) is 17.2 Å². The molecule has 0 atom stereocenters. The van der Waals surface area contributed by atoms with E-state index < -0.39 is 16.8 Å². The number of aryl methyl sites for hydroxylation is 3. The second-order valence-electron chi connectivity index (χ2n) is 23.9. The topological polar surface area (TPSA) is 321 Å². The summed E-state index contributed by atoms with van der Waals surface area (Å²) in [6.07, 6.45) is 4.90. The Morgan fingerprint density at radius 2 is 0.860 bits per heavy atom. The number of phenolic OH excluding ortho intramolecular Hbond substituents is 1. The monoisotopic (exact) mass is 1320 g/mol. The molecular formula is C65H71N13O12S3. The van der Waals surface area contributed by atoms with Crippen molar-refractivity contribution in [1.29, 1.82) is 0 Å². The van der Waals surface area contributed by atoms with Crippen molar-refractivity contribution >= 4 is 103 Å². The van der Waals surface area contributed by atoms with Gasteiger partial charge < -0.3 is 61.8 Å². The molecule has 0 aliphatic rings. The number of anilines is 3. The number of hydrogen-bond donors (Lipinski definition) is 7. The summed E-state index contributed by atoms with van der Waals surface area (Å²) in [5.74, 6) is 5.10. The maximum absolute atomic E-state index is 13.0. The molecule has 93 heavy (non-hydrogen) atoms. The summed E-state index contributed by atoms with van der Waals surface area (Å²) in [6.45, 7) is 17.6. The molecule has 0 saturated carbocycles. The number of nitrogens with one attached hydrogen (secondary N) is 3. The number of ether oxygens (including phenoxy) is 2. The Labute approximate surface area is 546 Å². The number of imidazole rings is 3. The van der Waals surface area contributed by atoms with Crippen molar-refractivity contribution < 1.29 is 57.5 Å². The van der Waals surface area contributed by atoms with Crippen molar-refractivity contribution in [1.82, 2.24) is 48.5 Å². The van der Waals surface area contributed by atoms with Crippen molar-refractivity contribution in [2.24, 2.45) is 0 Å². The molecule has 12 aromatic rings. The highest BCUT2D eigenvalue weighted by atomic mass is 32.1. The number of aliphatic hydroxyl groups is 3. The number of rotatable bonds is 20. The zero-order valence-corrected chi connectivity index (χ0v) is 55.6. The number of hydrogen-bond acceptors (Lipinski definition) is 22. The highest BCUT2D eigenvalue weighted by Gasteiger charge is 2.26. The first kappa shape index (κ1) is 66.4. The second-order valence-corrected chi connectivity index (χ2v) is 27.2. The van der Waals surface area contributed by atoms with E-state index in [-0.39, 0.29) is 43.1 Å². The lowest BCUT2D eigenvalue weighted by molar-refractivity contribution is 0.0625. The number of oxazole rings is 3. The van der Waals surface area contributed by atoms with E-state index in [2.05, 4.69) is 45.9 Å². The van der Waals surface area contributed by atoms with Crippen LogP contribution in [0, 0.1) is 20.8 Å². The fourth-order valence-electron chi connectivity index (χ4n) is 9.52. The van der Waals surface area contributed by atoms with Gasteiger partial charge in [-0.3, -0.25) is 30.3 Å². The van der Waals surface area contributed by atoms with E-state index in [9.17, 15) is 34.8 Å². The average Bonchev–Trinajstić information content (AvgIpc) is 1.70. The van der Waals surface area contributed by atoms with Gasteiger partial charge in [-0.15, -0.1) is 34.0 Å². The van der Waals surface area contributed by atoms with Gasteiger partial charge in [0.05, 0.1) is 125 Å². The Balaban J connectivity index is 0.000000153. The number of nitrogens with zero attached hydrogens (tertiary/aromatic N) is 10. The van der Waals surface area contributed by atoms with Crippen LogP contribution in [-0.4, -0.2) is 138 Å². The third kappa shape index (κ3) is 16.8. The van der Waals surface area contributed by atoms with Crippen LogP contribution in [0.2, 0.25) is 0 Å². The van der Waals surface area contributed by atoms with Crippen molar-refractivity contribution in [2.75, 3.05) is 50.3 Å². The molecule has 486 valence electrons. The molecule has 7 N–H and O–H groups in total. The molecule has 0 aliphatic carbocycles. The summed E-state index contributed by atoms with van der Waals surface area (Å²) in [5, 5.41) is 49.4. The SMILES string of the molecule is COc1ccc2c(c1)nc(NC(=O)c1ccc(-c3cnc(C)o3)s1)n2CC(C)(C)O.Cc1ncc(-c2ccc(C(=O)Nc3nc4cc(O)ccc4n3CC(C)(C)O)s2)o1.Cc1ncc(-c2ccc(C(=O)Nc3nc4cc(OCCN(C)C)ccc4n3CC(C)(C)O)s2)o1. The summed E-state index contributed by atoms with van der Waals surface area (Å²) in [7, 11) is 5.56. The predicted octanol–water partition coefficient (Wildman–Crippen LogP) is 11.9. The van der Waals surface area contributed by atoms with Gasteiger partial charge in [0.15, 0.2) is 35.0 Å². The Hall–Kier alpha value is -9.55. The zero-order chi connectivity index (χ0) is 66.7. The number of benzene rings is 3. The third-order valence-corrected chi connectivity index (χ3v) is 16.9. The number of aromatic hydroxyl groups is 1. The van der Waals surface area contributed by atoms with Crippen LogP contribution in [0.25, 0.3) is 65.0 Å². The fourth-order valence-corrected chi connectivity index (χ4v) is 12.1. The second kappa shape index (κ2) is 27.3. The number of methoxy groups -OCH3 is 1. The van der Waals surface area contributed by atoms with Crippen molar-refractivity contribution in [3.63, 3.8) is 0 Å². The number of fused-ring (bicyclic) bond motifs is 3. The molecule has 25 nitrogen and oxygen atoms in total. The molecule has 0 fully saturated rings. The van der Waals surface area contributed by atoms with Gasteiger partial charge >= 0.3 is 0 Å². The van der Waals surface area contributed by atoms with Crippen LogP contribution < -0.4 is 25.4 Å². The molecule has 0 bridgehead atoms. The Morgan fingerprint density at radius 1 is 0.516 bits per heavy atom. The first-order valence-electron chi connectivity index (χ1n) is 29.2. The van der Waals surface area contributed by atoms with Gasteiger partial charge in [-0.1, -0.05) is 0 Å². The van der Waals surface area contributed by atoms with Gasteiger partial charge in [0.2, 0.25) is 17.8 Å². The van der Waals surface area contributed by atoms with Gasteiger partial charge in [0, 0.05) is 45.5 Å². The summed E-state index contributed by atoms with van der Waals surface area (Å²) >= 11 is 3.90. The summed E-state index contributed by atoms with van der Waals surface area (Å²) in [4.78, 5) is 70.6. The van der Waals surface area contributed by atoms with Crippen LogP contribution in [0.4, 0.5) is 17.8 Å². The predicted molar refractivity (Wildman–Crippen MR) is 358 cm³/mol. The van der Waals surface area contributed by atoms with E-state index in [1.165, 1.54) is 40.1 Å². The molecule has 3 amide bonds. The van der Waals surface area contributed by atoms with E-state index in [0.29, 0.717) is 108 Å². The number of phenols is 1. The summed E-state index contributed by atoms with van der Waals surface area (Å²) in [6, 6.07) is 26.5. The van der Waals surface area contributed by atoms with E-state index in [1.807, 2.05) is 66.0 Å². The van der Waals surface area contributed by atoms with Crippen molar-refractivity contribution in [3.8, 4) is 49.2 Å². The van der Waals surface area contributed by atoms with E-state index in [1.54, 1.807) is 140 Å². The number of thiophene rings is 3. The molecule has 0 unspecified atom stereocenters. The minimum absolute atomic E-state index is 0.0773. The van der Waals surface area contributed by atoms with Crippen LogP contribution >= 0.6 is 34.0 Å². The maximum atomic E-state index is 13.0.